The van der Waals surface area contributed by atoms with Crippen molar-refractivity contribution in [1.82, 2.24) is 10.2 Å². The molecule has 1 saturated heterocycles. The van der Waals surface area contributed by atoms with Crippen LogP contribution in [0.15, 0.2) is 66.7 Å². The molecule has 1 aliphatic heterocycles. The molecular formula is C29H24F6N2O5. The first-order valence-electron chi connectivity index (χ1n) is 12.5. The SMILES string of the molecule is COc1ccc(-c2ccc(C(=O)NC3(C(=O)O)CCN(C(=O)c4cc(C(F)(F)F)cc(C(F)(F)F)c4)CC3)cc2)cc1. The summed E-state index contributed by atoms with van der Waals surface area (Å²) >= 11 is 0. The zero-order valence-electron chi connectivity index (χ0n) is 22.0. The van der Waals surface area contributed by atoms with E-state index in [4.69, 9.17) is 4.74 Å². The molecule has 4 rings (SSSR count). The molecule has 2 N–H and O–H groups in total. The molecule has 0 radical (unpaired) electrons. The average molecular weight is 595 g/mol. The van der Waals surface area contributed by atoms with Gasteiger partial charge in [-0.1, -0.05) is 24.3 Å². The van der Waals surface area contributed by atoms with Gasteiger partial charge in [-0.3, -0.25) is 9.59 Å². The average Bonchev–Trinajstić information content (AvgIpc) is 2.96. The van der Waals surface area contributed by atoms with Crippen LogP contribution in [0.4, 0.5) is 26.3 Å². The van der Waals surface area contributed by atoms with Crippen LogP contribution in [0.2, 0.25) is 0 Å². The van der Waals surface area contributed by atoms with Crippen molar-refractivity contribution in [2.24, 2.45) is 0 Å². The van der Waals surface area contributed by atoms with Crippen LogP contribution in [0.1, 0.15) is 44.7 Å². The molecule has 3 aromatic carbocycles. The van der Waals surface area contributed by atoms with Crippen LogP contribution in [-0.2, 0) is 17.1 Å². The van der Waals surface area contributed by atoms with Crippen LogP contribution in [0.25, 0.3) is 11.1 Å². The number of hydrogen-bond donors (Lipinski definition) is 2. The van der Waals surface area contributed by atoms with Crippen LogP contribution in [0, 0.1) is 0 Å². The standard InChI is InChI=1S/C29H24F6N2O5/c1-42-23-8-6-18(7-9-23)17-2-4-19(5-3-17)24(38)36-27(26(40)41)10-12-37(13-11-27)25(39)20-14-21(28(30,31)32)16-22(15-20)29(33,34)35/h2-9,14-16H,10-13H2,1H3,(H,36,38)(H,40,41). The van der Waals surface area contributed by atoms with Crippen molar-refractivity contribution in [2.75, 3.05) is 20.2 Å². The number of rotatable bonds is 6. The van der Waals surface area contributed by atoms with Gasteiger partial charge in [-0.2, -0.15) is 26.3 Å². The van der Waals surface area contributed by atoms with E-state index in [0.29, 0.717) is 17.9 Å². The monoisotopic (exact) mass is 594 g/mol. The Kier molecular flexibility index (Phi) is 8.24. The molecule has 0 bridgehead atoms. The second kappa shape index (κ2) is 11.4. The minimum Gasteiger partial charge on any atom is -0.497 e. The maximum atomic E-state index is 13.2. The summed E-state index contributed by atoms with van der Waals surface area (Å²) in [4.78, 5) is 39.1. The third kappa shape index (κ3) is 6.50. The van der Waals surface area contributed by atoms with Gasteiger partial charge in [-0.05, 0) is 66.4 Å². The molecule has 3 aromatic rings. The van der Waals surface area contributed by atoms with Crippen molar-refractivity contribution in [3.63, 3.8) is 0 Å². The van der Waals surface area contributed by atoms with Gasteiger partial charge < -0.3 is 20.1 Å². The number of carboxylic acid groups (broad SMARTS) is 1. The number of likely N-dealkylation sites (tertiary alicyclic amines) is 1. The van der Waals surface area contributed by atoms with Crippen LogP contribution in [-0.4, -0.2) is 53.5 Å². The summed E-state index contributed by atoms with van der Waals surface area (Å²) in [5, 5.41) is 12.4. The number of halogens is 6. The highest BCUT2D eigenvalue weighted by Crippen LogP contribution is 2.37. The van der Waals surface area contributed by atoms with Crippen LogP contribution in [0.5, 0.6) is 5.75 Å². The summed E-state index contributed by atoms with van der Waals surface area (Å²) in [5.74, 6) is -2.55. The third-order valence-electron chi connectivity index (χ3n) is 7.07. The predicted molar refractivity (Wildman–Crippen MR) is 138 cm³/mol. The Morgan fingerprint density at radius 2 is 1.26 bits per heavy atom. The largest absolute Gasteiger partial charge is 0.497 e. The molecule has 0 atom stereocenters. The summed E-state index contributed by atoms with van der Waals surface area (Å²) < 4.78 is 84.5. The van der Waals surface area contributed by atoms with Crippen molar-refractivity contribution >= 4 is 17.8 Å². The summed E-state index contributed by atoms with van der Waals surface area (Å²) in [7, 11) is 1.54. The van der Waals surface area contributed by atoms with Crippen LogP contribution < -0.4 is 10.1 Å². The van der Waals surface area contributed by atoms with Gasteiger partial charge in [-0.25, -0.2) is 4.79 Å². The molecule has 13 heteroatoms. The summed E-state index contributed by atoms with van der Waals surface area (Å²) in [5.41, 5.74) is -4.11. The zero-order valence-corrected chi connectivity index (χ0v) is 22.0. The topological polar surface area (TPSA) is 95.9 Å². The van der Waals surface area contributed by atoms with E-state index in [-0.39, 0.29) is 37.6 Å². The molecule has 0 aromatic heterocycles. The van der Waals surface area contributed by atoms with Crippen molar-refractivity contribution in [3.8, 4) is 16.9 Å². The van der Waals surface area contributed by atoms with Gasteiger partial charge in [-0.15, -0.1) is 0 Å². The molecule has 1 heterocycles. The molecule has 7 nitrogen and oxygen atoms in total. The van der Waals surface area contributed by atoms with Crippen molar-refractivity contribution in [1.29, 1.82) is 0 Å². The minimum absolute atomic E-state index is 0.0818. The fourth-order valence-corrected chi connectivity index (χ4v) is 4.63. The first-order valence-corrected chi connectivity index (χ1v) is 12.5. The molecule has 2 amide bonds. The Morgan fingerprint density at radius 1 is 0.786 bits per heavy atom. The lowest BCUT2D eigenvalue weighted by atomic mass is 9.86. The number of hydrogen-bond acceptors (Lipinski definition) is 4. The lowest BCUT2D eigenvalue weighted by molar-refractivity contribution is -0.146. The van der Waals surface area contributed by atoms with Gasteiger partial charge in [0, 0.05) is 24.2 Å². The smallest absolute Gasteiger partial charge is 0.416 e. The number of alkyl halides is 6. The molecule has 42 heavy (non-hydrogen) atoms. The Bertz CT molecular complexity index is 1440. The van der Waals surface area contributed by atoms with E-state index < -0.39 is 52.4 Å². The highest BCUT2D eigenvalue weighted by molar-refractivity contribution is 5.99. The maximum Gasteiger partial charge on any atom is 0.416 e. The van der Waals surface area contributed by atoms with Crippen molar-refractivity contribution in [3.05, 3.63) is 89.0 Å². The van der Waals surface area contributed by atoms with E-state index in [9.17, 15) is 45.8 Å². The molecule has 0 spiro atoms. The number of amides is 2. The maximum absolute atomic E-state index is 13.2. The third-order valence-corrected chi connectivity index (χ3v) is 7.07. The number of benzene rings is 3. The van der Waals surface area contributed by atoms with E-state index in [1.165, 1.54) is 19.2 Å². The quantitative estimate of drug-likeness (QED) is 0.347. The Hall–Kier alpha value is -4.55. The van der Waals surface area contributed by atoms with Crippen LogP contribution in [0.3, 0.4) is 0 Å². The van der Waals surface area contributed by atoms with Gasteiger partial charge in [0.25, 0.3) is 11.8 Å². The highest BCUT2D eigenvalue weighted by Gasteiger charge is 2.44. The number of carboxylic acids is 1. The number of carbonyl (C=O) groups excluding carboxylic acids is 2. The summed E-state index contributed by atoms with van der Waals surface area (Å²) in [6.45, 7) is -0.668. The number of methoxy groups -OCH3 is 1. The molecule has 1 fully saturated rings. The first-order chi connectivity index (χ1) is 19.6. The number of ether oxygens (including phenoxy) is 1. The molecule has 0 saturated carbocycles. The summed E-state index contributed by atoms with van der Waals surface area (Å²) in [6.07, 6.45) is -10.9. The normalized spacial score (nSPS) is 15.2. The van der Waals surface area contributed by atoms with Gasteiger partial charge in [0.15, 0.2) is 0 Å². The number of nitrogens with one attached hydrogen (secondary N) is 1. The lowest BCUT2D eigenvalue weighted by Gasteiger charge is -2.39. The van der Waals surface area contributed by atoms with E-state index in [2.05, 4.69) is 5.32 Å². The number of carbonyl (C=O) groups is 3. The first kappa shape index (κ1) is 30.4. The van der Waals surface area contributed by atoms with Gasteiger partial charge in [0.2, 0.25) is 0 Å². The van der Waals surface area contributed by atoms with Gasteiger partial charge in [0.05, 0.1) is 18.2 Å². The van der Waals surface area contributed by atoms with E-state index in [0.717, 1.165) is 16.0 Å². The lowest BCUT2D eigenvalue weighted by Crippen LogP contribution is -2.60. The molecule has 1 aliphatic rings. The van der Waals surface area contributed by atoms with E-state index in [1.54, 1.807) is 24.3 Å². The van der Waals surface area contributed by atoms with E-state index in [1.807, 2.05) is 12.1 Å². The highest BCUT2D eigenvalue weighted by atomic mass is 19.4. The zero-order chi connectivity index (χ0) is 30.9. The molecule has 0 aliphatic carbocycles. The molecule has 222 valence electrons. The van der Waals surface area contributed by atoms with Gasteiger partial charge in [0.1, 0.15) is 11.3 Å². The predicted octanol–water partition coefficient (Wildman–Crippen LogP) is 5.89. The Balaban J connectivity index is 1.48. The number of nitrogens with zero attached hydrogens (tertiary/aromatic N) is 1. The summed E-state index contributed by atoms with van der Waals surface area (Å²) in [6, 6.07) is 14.1. The fraction of sp³-hybridized carbons (Fsp3) is 0.276. The van der Waals surface area contributed by atoms with E-state index >= 15 is 0 Å². The fourth-order valence-electron chi connectivity index (χ4n) is 4.63. The molecule has 0 unspecified atom stereocenters. The second-order valence-corrected chi connectivity index (χ2v) is 9.73. The minimum atomic E-state index is -5.13. The van der Waals surface area contributed by atoms with Crippen molar-refractivity contribution in [2.45, 2.75) is 30.7 Å². The number of aliphatic carboxylic acids is 1. The Labute approximate surface area is 235 Å². The molecular weight excluding hydrogens is 570 g/mol. The Morgan fingerprint density at radius 3 is 1.69 bits per heavy atom. The van der Waals surface area contributed by atoms with Gasteiger partial charge >= 0.3 is 18.3 Å². The van der Waals surface area contributed by atoms with Crippen LogP contribution >= 0.6 is 0 Å². The second-order valence-electron chi connectivity index (χ2n) is 9.73. The van der Waals surface area contributed by atoms with Crippen molar-refractivity contribution < 1.29 is 50.6 Å². The number of piperidine rings is 1.